The molecule has 19 nitrogen and oxygen atoms in total. The zero-order valence-corrected chi connectivity index (χ0v) is 61.1. The number of benzene rings is 3. The van der Waals surface area contributed by atoms with Gasteiger partial charge < -0.3 is 32.8 Å². The molecule has 0 aliphatic rings. The Morgan fingerprint density at radius 2 is 0.755 bits per heavy atom. The fourth-order valence-corrected chi connectivity index (χ4v) is 10.0. The highest BCUT2D eigenvalue weighted by atomic mass is 19.1. The Hall–Kier alpha value is -10.2. The molecule has 0 spiro atoms. The maximum absolute atomic E-state index is 13.9. The second-order valence-electron chi connectivity index (χ2n) is 26.1. The van der Waals surface area contributed by atoms with Crippen molar-refractivity contribution in [3.05, 3.63) is 251 Å². The smallest absolute Gasteiger partial charge is 0.258 e. The SMILES string of the molecule is COc1nc(C(C)C)ccc1-n1cnc(C)c1.COc1nc(C(C)C)cnc1-n1cnc(C)c1.Cc1cn(-c2ccc(C(C)C)cc2C)cn1.Cc1cn(-c2ccc(C(C)C)cc2CO)cn1.Cc1cn(-c2ccc(C(C)C)cc2F)cn1.Cc1cn(-c2ccc(C(C)C)cn2)cn1. The molecule has 0 unspecified atom stereocenters. The van der Waals surface area contributed by atoms with E-state index in [4.69, 9.17) is 9.47 Å². The van der Waals surface area contributed by atoms with Gasteiger partial charge in [-0.2, -0.15) is 0 Å². The van der Waals surface area contributed by atoms with Gasteiger partial charge in [0.2, 0.25) is 11.7 Å². The number of hydrogen-bond donors (Lipinski definition) is 1. The van der Waals surface area contributed by atoms with E-state index in [9.17, 15) is 9.50 Å². The van der Waals surface area contributed by atoms with Crippen LogP contribution < -0.4 is 9.47 Å². The molecular weight excluding hydrogens is 1230 g/mol. The first-order valence-corrected chi connectivity index (χ1v) is 33.3. The van der Waals surface area contributed by atoms with Gasteiger partial charge in [0.25, 0.3) is 5.88 Å². The van der Waals surface area contributed by atoms with Gasteiger partial charge in [0.15, 0.2) is 0 Å². The van der Waals surface area contributed by atoms with Crippen LogP contribution >= 0.6 is 0 Å². The third kappa shape index (κ3) is 20.7. The number of aliphatic hydroxyl groups excluding tert-OH is 1. The van der Waals surface area contributed by atoms with Crippen LogP contribution in [0, 0.1) is 54.3 Å². The maximum Gasteiger partial charge on any atom is 0.258 e. The summed E-state index contributed by atoms with van der Waals surface area (Å²) in [6.45, 7) is 39.5. The van der Waals surface area contributed by atoms with Crippen molar-refractivity contribution in [2.24, 2.45) is 0 Å². The van der Waals surface area contributed by atoms with Crippen LogP contribution in [-0.4, -0.2) is 96.6 Å². The average Bonchev–Trinajstić information content (AvgIpc) is 1.14. The van der Waals surface area contributed by atoms with Crippen molar-refractivity contribution in [2.45, 2.75) is 174 Å². The van der Waals surface area contributed by atoms with Gasteiger partial charge in [0.1, 0.15) is 30.0 Å². The second kappa shape index (κ2) is 35.2. The Morgan fingerprint density at radius 1 is 0.367 bits per heavy atom. The fraction of sp³-hybridized carbons (Fsp3) is 0.359. The zero-order chi connectivity index (χ0) is 71.5. The Bertz CT molecular complexity index is 4130. The van der Waals surface area contributed by atoms with E-state index in [0.717, 1.165) is 73.9 Å². The van der Waals surface area contributed by atoms with Gasteiger partial charge >= 0.3 is 0 Å². The van der Waals surface area contributed by atoms with Crippen LogP contribution in [0.15, 0.2) is 166 Å². The number of aromatic nitrogens is 16. The number of pyridine rings is 2. The largest absolute Gasteiger partial charge is 0.479 e. The van der Waals surface area contributed by atoms with Crippen molar-refractivity contribution in [1.82, 2.24) is 77.2 Å². The Kier molecular flexibility index (Phi) is 27.0. The summed E-state index contributed by atoms with van der Waals surface area (Å²) in [5.74, 6) is 5.17. The summed E-state index contributed by atoms with van der Waals surface area (Å²) in [5.41, 5.74) is 18.6. The third-order valence-electron chi connectivity index (χ3n) is 16.0. The monoisotopic (exact) mass is 1330 g/mol. The maximum atomic E-state index is 13.9. The molecule has 9 aromatic heterocycles. The summed E-state index contributed by atoms with van der Waals surface area (Å²) >= 11 is 0. The summed E-state index contributed by atoms with van der Waals surface area (Å²) in [4.78, 5) is 42.8. The van der Waals surface area contributed by atoms with Crippen molar-refractivity contribution >= 4 is 0 Å². The van der Waals surface area contributed by atoms with Crippen LogP contribution in [-0.2, 0) is 6.61 Å². The number of rotatable bonds is 15. The molecule has 0 fully saturated rings. The second-order valence-corrected chi connectivity index (χ2v) is 26.1. The molecule has 0 saturated carbocycles. The summed E-state index contributed by atoms with van der Waals surface area (Å²) in [7, 11) is 3.24. The third-order valence-corrected chi connectivity index (χ3v) is 16.0. The minimum Gasteiger partial charge on any atom is -0.479 e. The van der Waals surface area contributed by atoms with Crippen molar-refractivity contribution in [1.29, 1.82) is 0 Å². The standard InChI is InChI=1S/C14H18N2O.C14H18N2.C13H15FN2.C13H17N3O.C12H16N4O.C12H15N3/c1-10(2)12-4-5-14(13(6-12)8-17)16-7-11(3)15-9-16;1-10(2)13-5-6-14(11(3)7-13)16-8-12(4)15-9-16;1-9(2)11-4-5-13(12(14)6-11)16-7-10(3)15-8-16;1-9(2)11-5-6-12(13(15-11)17-4)16-7-10(3)14-8-16;1-8(2)10-5-13-11(12(15-10)17-4)16-6-9(3)14-7-16;1-9(2)11-4-5-12(13-6-11)15-7-10(3)14-8-15/h4-7,9-10,17H,8H2,1-3H3;5-10H,1-4H3;4-9H,1-3H3;5-9H,1-4H3;5-8H,1-4H3;4-9H,1-3H3. The Labute approximate surface area is 578 Å². The molecule has 12 rings (SSSR count). The van der Waals surface area contributed by atoms with E-state index in [0.29, 0.717) is 58.8 Å². The van der Waals surface area contributed by atoms with E-state index in [-0.39, 0.29) is 12.4 Å². The summed E-state index contributed by atoms with van der Waals surface area (Å²) in [6, 6.07) is 26.4. The molecule has 0 saturated heterocycles. The van der Waals surface area contributed by atoms with E-state index < -0.39 is 0 Å². The lowest BCUT2D eigenvalue weighted by molar-refractivity contribution is 0.281. The summed E-state index contributed by atoms with van der Waals surface area (Å²) in [6.07, 6.45) is 25.9. The number of nitrogens with zero attached hydrogens (tertiary/aromatic N) is 16. The topological polar surface area (TPSA) is 197 Å². The van der Waals surface area contributed by atoms with E-state index in [1.54, 1.807) is 68.8 Å². The molecule has 0 radical (unpaired) electrons. The van der Waals surface area contributed by atoms with Crippen molar-refractivity contribution in [3.8, 4) is 46.1 Å². The highest BCUT2D eigenvalue weighted by Crippen LogP contribution is 2.28. The molecule has 1 N–H and O–H groups in total. The van der Waals surface area contributed by atoms with E-state index in [1.807, 2.05) is 134 Å². The molecule has 3 aromatic carbocycles. The van der Waals surface area contributed by atoms with Gasteiger partial charge in [-0.25, -0.2) is 54.2 Å². The quantitative estimate of drug-likeness (QED) is 0.102. The van der Waals surface area contributed by atoms with Gasteiger partial charge in [-0.05, 0) is 154 Å². The van der Waals surface area contributed by atoms with Gasteiger partial charge in [0.05, 0.1) is 104 Å². The predicted molar refractivity (Wildman–Crippen MR) is 389 cm³/mol. The minimum absolute atomic E-state index is 0.0487. The van der Waals surface area contributed by atoms with E-state index in [2.05, 4.69) is 187 Å². The molecule has 0 amide bonds. The molecule has 516 valence electrons. The van der Waals surface area contributed by atoms with Crippen LogP contribution in [0.2, 0.25) is 0 Å². The summed E-state index contributed by atoms with van der Waals surface area (Å²) < 4.78 is 35.9. The number of halogens is 1. The highest BCUT2D eigenvalue weighted by molar-refractivity contribution is 5.47. The molecule has 20 heteroatoms. The molecule has 0 aliphatic heterocycles. The number of methoxy groups -OCH3 is 2. The molecule has 98 heavy (non-hydrogen) atoms. The van der Waals surface area contributed by atoms with Gasteiger partial charge in [-0.1, -0.05) is 119 Å². The van der Waals surface area contributed by atoms with Crippen LogP contribution in [0.3, 0.4) is 0 Å². The molecular formula is C78H99FN16O3. The van der Waals surface area contributed by atoms with E-state index in [1.165, 1.54) is 27.9 Å². The predicted octanol–water partition coefficient (Wildman–Crippen LogP) is 17.4. The van der Waals surface area contributed by atoms with Crippen molar-refractivity contribution in [3.63, 3.8) is 0 Å². The number of aryl methyl sites for hydroxylation is 7. The van der Waals surface area contributed by atoms with Crippen LogP contribution in [0.1, 0.15) is 198 Å². The van der Waals surface area contributed by atoms with Gasteiger partial charge in [-0.15, -0.1) is 0 Å². The first-order chi connectivity index (χ1) is 46.7. The average molecular weight is 1330 g/mol. The normalized spacial score (nSPS) is 11.0. The molecule has 9 heterocycles. The molecule has 0 atom stereocenters. The number of hydrogen-bond acceptors (Lipinski definition) is 13. The van der Waals surface area contributed by atoms with E-state index >= 15 is 0 Å². The highest BCUT2D eigenvalue weighted by Gasteiger charge is 2.15. The lowest BCUT2D eigenvalue weighted by Crippen LogP contribution is -2.04. The van der Waals surface area contributed by atoms with Crippen molar-refractivity contribution in [2.75, 3.05) is 14.2 Å². The van der Waals surface area contributed by atoms with Crippen LogP contribution in [0.5, 0.6) is 11.8 Å². The number of imidazole rings is 6. The first kappa shape index (κ1) is 75.2. The van der Waals surface area contributed by atoms with Crippen molar-refractivity contribution < 1.29 is 19.0 Å². The fourth-order valence-electron chi connectivity index (χ4n) is 10.0. The number of ether oxygens (including phenoxy) is 2. The molecule has 0 bridgehead atoms. The van der Waals surface area contributed by atoms with Crippen LogP contribution in [0.4, 0.5) is 4.39 Å². The lowest BCUT2D eigenvalue weighted by Gasteiger charge is -2.12. The number of aliphatic hydroxyl groups is 1. The minimum atomic E-state index is -0.205. The Balaban J connectivity index is 0.000000166. The first-order valence-electron chi connectivity index (χ1n) is 33.3. The summed E-state index contributed by atoms with van der Waals surface area (Å²) in [5, 5.41) is 9.46. The molecule has 0 aliphatic carbocycles. The van der Waals surface area contributed by atoms with Crippen LogP contribution in [0.25, 0.3) is 34.4 Å². The van der Waals surface area contributed by atoms with Gasteiger partial charge in [-0.3, -0.25) is 9.13 Å². The zero-order valence-electron chi connectivity index (χ0n) is 61.1. The molecule has 12 aromatic rings. The van der Waals surface area contributed by atoms with Gasteiger partial charge in [0, 0.05) is 60.3 Å². The Morgan fingerprint density at radius 3 is 1.16 bits per heavy atom. The lowest BCUT2D eigenvalue weighted by atomic mass is 10.00.